The van der Waals surface area contributed by atoms with E-state index in [1.54, 1.807) is 12.1 Å². The van der Waals surface area contributed by atoms with E-state index in [2.05, 4.69) is 5.10 Å². The summed E-state index contributed by atoms with van der Waals surface area (Å²) < 4.78 is 24.0. The van der Waals surface area contributed by atoms with Gasteiger partial charge in [0.1, 0.15) is 0 Å². The molecule has 0 fully saturated rings. The number of primary sulfonamides is 1. The lowest BCUT2D eigenvalue weighted by molar-refractivity contribution is 0.587. The molecule has 0 spiro atoms. The molecule has 17 heavy (non-hydrogen) atoms. The molecule has 0 saturated carbocycles. The second kappa shape index (κ2) is 4.14. The fourth-order valence-corrected chi connectivity index (χ4v) is 2.50. The Bertz CT molecular complexity index is 644. The molecule has 0 aliphatic carbocycles. The van der Waals surface area contributed by atoms with Gasteiger partial charge in [-0.1, -0.05) is 23.7 Å². The van der Waals surface area contributed by atoms with Crippen molar-refractivity contribution >= 4 is 21.6 Å². The van der Waals surface area contributed by atoms with Gasteiger partial charge >= 0.3 is 0 Å². The smallest absolute Gasteiger partial charge is 0.223 e. The van der Waals surface area contributed by atoms with E-state index in [0.29, 0.717) is 10.7 Å². The van der Waals surface area contributed by atoms with Gasteiger partial charge in [-0.3, -0.25) is 0 Å². The van der Waals surface area contributed by atoms with Crippen molar-refractivity contribution < 1.29 is 8.42 Å². The average molecular weight is 272 g/mol. The van der Waals surface area contributed by atoms with Crippen molar-refractivity contribution in [2.24, 2.45) is 5.14 Å². The van der Waals surface area contributed by atoms with E-state index in [9.17, 15) is 8.42 Å². The summed E-state index contributed by atoms with van der Waals surface area (Å²) in [5, 5.41) is 9.38. The zero-order valence-electron chi connectivity index (χ0n) is 8.96. The third-order valence-electron chi connectivity index (χ3n) is 2.30. The van der Waals surface area contributed by atoms with Crippen LogP contribution in [-0.2, 0) is 10.0 Å². The summed E-state index contributed by atoms with van der Waals surface area (Å²) in [4.78, 5) is 0. The Labute approximate surface area is 104 Å². The van der Waals surface area contributed by atoms with Crippen LogP contribution in [0.5, 0.6) is 0 Å². The standard InChI is InChI=1S/C10H10ClN3O2S/c1-7-3-2-4-8(11)10(7)14-9(5-6-13-14)17(12,15)16/h2-6H,1H3,(H2,12,15,16). The monoisotopic (exact) mass is 271 g/mol. The minimum atomic E-state index is -3.83. The van der Waals surface area contributed by atoms with Crippen LogP contribution in [0, 0.1) is 6.92 Å². The first kappa shape index (κ1) is 12.1. The highest BCUT2D eigenvalue weighted by molar-refractivity contribution is 7.89. The quantitative estimate of drug-likeness (QED) is 0.899. The van der Waals surface area contributed by atoms with Crippen molar-refractivity contribution in [3.8, 4) is 5.69 Å². The van der Waals surface area contributed by atoms with Crippen molar-refractivity contribution in [1.82, 2.24) is 9.78 Å². The number of nitrogens with two attached hydrogens (primary N) is 1. The van der Waals surface area contributed by atoms with Crippen LogP contribution >= 0.6 is 11.6 Å². The van der Waals surface area contributed by atoms with Crippen LogP contribution < -0.4 is 5.14 Å². The van der Waals surface area contributed by atoms with Crippen LogP contribution in [0.15, 0.2) is 35.5 Å². The lowest BCUT2D eigenvalue weighted by atomic mass is 10.2. The predicted molar refractivity (Wildman–Crippen MR) is 64.7 cm³/mol. The first-order valence-electron chi connectivity index (χ1n) is 4.73. The summed E-state index contributed by atoms with van der Waals surface area (Å²) in [5.41, 5.74) is 1.33. The minimum absolute atomic E-state index is 0.0892. The predicted octanol–water partition coefficient (Wildman–Crippen LogP) is 1.48. The van der Waals surface area contributed by atoms with E-state index in [1.807, 2.05) is 13.0 Å². The van der Waals surface area contributed by atoms with Gasteiger partial charge in [0.25, 0.3) is 10.0 Å². The normalized spacial score (nSPS) is 11.7. The molecule has 7 heteroatoms. The second-order valence-electron chi connectivity index (χ2n) is 3.53. The van der Waals surface area contributed by atoms with E-state index in [1.165, 1.54) is 16.9 Å². The zero-order chi connectivity index (χ0) is 12.6. The van der Waals surface area contributed by atoms with E-state index in [0.717, 1.165) is 5.56 Å². The number of sulfonamides is 1. The van der Waals surface area contributed by atoms with Gasteiger partial charge < -0.3 is 0 Å². The first-order chi connectivity index (χ1) is 7.91. The number of hydrogen-bond donors (Lipinski definition) is 1. The number of aromatic nitrogens is 2. The van der Waals surface area contributed by atoms with Crippen molar-refractivity contribution in [3.63, 3.8) is 0 Å². The number of benzene rings is 1. The molecule has 0 radical (unpaired) electrons. The molecule has 0 atom stereocenters. The number of aryl methyl sites for hydroxylation is 1. The van der Waals surface area contributed by atoms with Gasteiger partial charge in [0.15, 0.2) is 5.03 Å². The molecule has 2 N–H and O–H groups in total. The van der Waals surface area contributed by atoms with Gasteiger partial charge in [0.2, 0.25) is 0 Å². The van der Waals surface area contributed by atoms with Gasteiger partial charge in [-0.15, -0.1) is 0 Å². The van der Waals surface area contributed by atoms with Crippen molar-refractivity contribution in [2.75, 3.05) is 0 Å². The molecule has 0 amide bonds. The summed E-state index contributed by atoms with van der Waals surface area (Å²) in [5.74, 6) is 0. The lowest BCUT2D eigenvalue weighted by Crippen LogP contribution is -2.17. The Hall–Kier alpha value is -1.37. The summed E-state index contributed by atoms with van der Waals surface area (Å²) in [7, 11) is -3.83. The third kappa shape index (κ3) is 2.19. The fraction of sp³-hybridized carbons (Fsp3) is 0.100. The van der Waals surface area contributed by atoms with Crippen LogP contribution in [0.3, 0.4) is 0 Å². The Morgan fingerprint density at radius 3 is 2.65 bits per heavy atom. The van der Waals surface area contributed by atoms with E-state index < -0.39 is 10.0 Å². The molecule has 0 saturated heterocycles. The van der Waals surface area contributed by atoms with E-state index in [4.69, 9.17) is 16.7 Å². The Morgan fingerprint density at radius 2 is 2.06 bits per heavy atom. The summed E-state index contributed by atoms with van der Waals surface area (Å²) in [6.07, 6.45) is 1.36. The van der Waals surface area contributed by atoms with E-state index >= 15 is 0 Å². The maximum Gasteiger partial charge on any atom is 0.255 e. The maximum absolute atomic E-state index is 11.4. The molecule has 2 aromatic rings. The maximum atomic E-state index is 11.4. The van der Waals surface area contributed by atoms with Crippen LogP contribution in [0.4, 0.5) is 0 Å². The number of para-hydroxylation sites is 1. The molecule has 2 rings (SSSR count). The van der Waals surface area contributed by atoms with Crippen molar-refractivity contribution in [3.05, 3.63) is 41.0 Å². The molecule has 0 aliphatic heterocycles. The minimum Gasteiger partial charge on any atom is -0.223 e. The molecular weight excluding hydrogens is 262 g/mol. The summed E-state index contributed by atoms with van der Waals surface area (Å²) in [6, 6.07) is 6.59. The van der Waals surface area contributed by atoms with E-state index in [-0.39, 0.29) is 5.03 Å². The van der Waals surface area contributed by atoms with Crippen LogP contribution in [0.2, 0.25) is 5.02 Å². The number of nitrogens with zero attached hydrogens (tertiary/aromatic N) is 2. The molecule has 5 nitrogen and oxygen atoms in total. The molecule has 1 aromatic carbocycles. The highest BCUT2D eigenvalue weighted by Gasteiger charge is 2.18. The van der Waals surface area contributed by atoms with Crippen LogP contribution in [0.1, 0.15) is 5.56 Å². The second-order valence-corrected chi connectivity index (χ2v) is 5.45. The Balaban J connectivity index is 2.75. The lowest BCUT2D eigenvalue weighted by Gasteiger charge is -2.10. The van der Waals surface area contributed by atoms with Crippen LogP contribution in [0.25, 0.3) is 5.69 Å². The van der Waals surface area contributed by atoms with Crippen molar-refractivity contribution in [2.45, 2.75) is 11.9 Å². The number of rotatable bonds is 2. The summed E-state index contributed by atoms with van der Waals surface area (Å²) in [6.45, 7) is 1.82. The topological polar surface area (TPSA) is 78.0 Å². The van der Waals surface area contributed by atoms with Gasteiger partial charge in [-0.2, -0.15) is 5.10 Å². The molecule has 0 bridgehead atoms. The first-order valence-corrected chi connectivity index (χ1v) is 6.66. The number of hydrogen-bond acceptors (Lipinski definition) is 3. The molecule has 1 heterocycles. The highest BCUT2D eigenvalue weighted by Crippen LogP contribution is 2.25. The Kier molecular flexibility index (Phi) is 2.94. The van der Waals surface area contributed by atoms with Gasteiger partial charge in [0.05, 0.1) is 16.9 Å². The van der Waals surface area contributed by atoms with Gasteiger partial charge in [-0.05, 0) is 24.6 Å². The third-order valence-corrected chi connectivity index (χ3v) is 3.50. The average Bonchev–Trinajstić information content (AvgIpc) is 2.65. The molecule has 1 aromatic heterocycles. The molecule has 0 unspecified atom stereocenters. The van der Waals surface area contributed by atoms with Gasteiger partial charge in [-0.25, -0.2) is 18.2 Å². The molecule has 0 aliphatic rings. The molecule has 90 valence electrons. The van der Waals surface area contributed by atoms with Crippen molar-refractivity contribution in [1.29, 1.82) is 0 Å². The number of halogens is 1. The largest absolute Gasteiger partial charge is 0.255 e. The summed E-state index contributed by atoms with van der Waals surface area (Å²) >= 11 is 6.05. The zero-order valence-corrected chi connectivity index (χ0v) is 10.5. The Morgan fingerprint density at radius 1 is 1.35 bits per heavy atom. The SMILES string of the molecule is Cc1cccc(Cl)c1-n1nccc1S(N)(=O)=O. The molecular formula is C10H10ClN3O2S. The highest BCUT2D eigenvalue weighted by atomic mass is 35.5. The van der Waals surface area contributed by atoms with Crippen LogP contribution in [-0.4, -0.2) is 18.2 Å². The fourth-order valence-electron chi connectivity index (χ4n) is 1.57. The van der Waals surface area contributed by atoms with Gasteiger partial charge in [0, 0.05) is 0 Å².